The molecule has 1 N–H and O–H groups in total. The third-order valence-electron chi connectivity index (χ3n) is 3.27. The zero-order chi connectivity index (χ0) is 13.5. The summed E-state index contributed by atoms with van der Waals surface area (Å²) in [6.07, 6.45) is 2.74. The van der Waals surface area contributed by atoms with Gasteiger partial charge >= 0.3 is 0 Å². The number of aromatic nitrogens is 2. The van der Waals surface area contributed by atoms with Crippen LogP contribution < -0.4 is 5.32 Å². The van der Waals surface area contributed by atoms with Crippen LogP contribution in [0.4, 0.5) is 5.82 Å². The summed E-state index contributed by atoms with van der Waals surface area (Å²) in [6.45, 7) is 9.25. The molecule has 0 radical (unpaired) electrons. The fourth-order valence-corrected chi connectivity index (χ4v) is 1.83. The molecular formula is C14H22N4. The van der Waals surface area contributed by atoms with Gasteiger partial charge in [-0.15, -0.1) is 5.10 Å². The molecule has 4 heteroatoms. The van der Waals surface area contributed by atoms with E-state index in [0.29, 0.717) is 17.3 Å². The standard InChI is InChI=1S/C14H22N4/c1-5-10(4)9-16-14-12(8-15)11(6-2)13(7-3)17-18-14/h10H,5-7,9H2,1-4H3,(H,16,18). The lowest BCUT2D eigenvalue weighted by atomic mass is 10.0. The number of hydrogen-bond donors (Lipinski definition) is 1. The molecule has 0 aliphatic rings. The number of nitrogens with zero attached hydrogens (tertiary/aromatic N) is 3. The molecule has 1 rings (SSSR count). The molecule has 1 aromatic rings. The van der Waals surface area contributed by atoms with Gasteiger partial charge in [0, 0.05) is 6.54 Å². The number of aryl methyl sites for hydroxylation is 1. The van der Waals surface area contributed by atoms with Gasteiger partial charge < -0.3 is 5.32 Å². The molecule has 1 aromatic heterocycles. The van der Waals surface area contributed by atoms with Gasteiger partial charge in [0.15, 0.2) is 5.82 Å². The summed E-state index contributed by atoms with van der Waals surface area (Å²) in [5.74, 6) is 1.20. The predicted molar refractivity (Wildman–Crippen MR) is 73.4 cm³/mol. The lowest BCUT2D eigenvalue weighted by Crippen LogP contribution is -2.15. The fraction of sp³-hybridized carbons (Fsp3) is 0.643. The first-order valence-electron chi connectivity index (χ1n) is 6.70. The summed E-state index contributed by atoms with van der Waals surface area (Å²) in [4.78, 5) is 0. The van der Waals surface area contributed by atoms with Crippen molar-refractivity contribution in [2.75, 3.05) is 11.9 Å². The normalized spacial score (nSPS) is 11.9. The first-order chi connectivity index (χ1) is 8.67. The van der Waals surface area contributed by atoms with E-state index in [1.165, 1.54) is 0 Å². The van der Waals surface area contributed by atoms with E-state index in [9.17, 15) is 5.26 Å². The van der Waals surface area contributed by atoms with Crippen LogP contribution in [0.2, 0.25) is 0 Å². The lowest BCUT2D eigenvalue weighted by molar-refractivity contribution is 0.591. The smallest absolute Gasteiger partial charge is 0.166 e. The molecule has 4 nitrogen and oxygen atoms in total. The van der Waals surface area contributed by atoms with Crippen LogP contribution >= 0.6 is 0 Å². The van der Waals surface area contributed by atoms with Gasteiger partial charge in [0.1, 0.15) is 11.6 Å². The van der Waals surface area contributed by atoms with Crippen LogP contribution in [0.3, 0.4) is 0 Å². The van der Waals surface area contributed by atoms with Crippen molar-refractivity contribution in [2.24, 2.45) is 5.92 Å². The van der Waals surface area contributed by atoms with E-state index < -0.39 is 0 Å². The van der Waals surface area contributed by atoms with Gasteiger partial charge in [-0.3, -0.25) is 0 Å². The van der Waals surface area contributed by atoms with E-state index >= 15 is 0 Å². The molecule has 0 fully saturated rings. The minimum atomic E-state index is 0.564. The van der Waals surface area contributed by atoms with Crippen LogP contribution in [0, 0.1) is 17.2 Å². The molecule has 18 heavy (non-hydrogen) atoms. The quantitative estimate of drug-likeness (QED) is 0.838. The van der Waals surface area contributed by atoms with Crippen molar-refractivity contribution in [3.63, 3.8) is 0 Å². The summed E-state index contributed by atoms with van der Waals surface area (Å²) >= 11 is 0. The number of nitrogens with one attached hydrogen (secondary N) is 1. The SMILES string of the molecule is CCc1nnc(NCC(C)CC)c(C#N)c1CC. The monoisotopic (exact) mass is 246 g/mol. The zero-order valence-electron chi connectivity index (χ0n) is 11.7. The summed E-state index contributed by atoms with van der Waals surface area (Å²) in [7, 11) is 0. The Hall–Kier alpha value is -1.63. The van der Waals surface area contributed by atoms with Crippen LogP contribution in [0.15, 0.2) is 0 Å². The van der Waals surface area contributed by atoms with Gasteiger partial charge in [-0.05, 0) is 24.3 Å². The number of hydrogen-bond acceptors (Lipinski definition) is 4. The molecule has 0 saturated heterocycles. The molecule has 1 heterocycles. The van der Waals surface area contributed by atoms with Crippen molar-refractivity contribution < 1.29 is 0 Å². The highest BCUT2D eigenvalue weighted by Crippen LogP contribution is 2.20. The van der Waals surface area contributed by atoms with Crippen molar-refractivity contribution in [3.05, 3.63) is 16.8 Å². The molecule has 0 aromatic carbocycles. The van der Waals surface area contributed by atoms with Crippen LogP contribution in [0.1, 0.15) is 50.9 Å². The van der Waals surface area contributed by atoms with Crippen molar-refractivity contribution in [1.82, 2.24) is 10.2 Å². The van der Waals surface area contributed by atoms with E-state index in [1.807, 2.05) is 6.92 Å². The molecule has 98 valence electrons. The molecule has 0 spiro atoms. The molecular weight excluding hydrogens is 224 g/mol. The first kappa shape index (κ1) is 14.4. The van der Waals surface area contributed by atoms with E-state index in [0.717, 1.165) is 37.1 Å². The van der Waals surface area contributed by atoms with Crippen molar-refractivity contribution >= 4 is 5.82 Å². The van der Waals surface area contributed by atoms with Gasteiger partial charge in [0.05, 0.1) is 5.69 Å². The van der Waals surface area contributed by atoms with Crippen LogP contribution in [-0.4, -0.2) is 16.7 Å². The fourth-order valence-electron chi connectivity index (χ4n) is 1.83. The van der Waals surface area contributed by atoms with Crippen molar-refractivity contribution in [2.45, 2.75) is 47.0 Å². The highest BCUT2D eigenvalue weighted by atomic mass is 15.2. The Morgan fingerprint density at radius 3 is 2.44 bits per heavy atom. The highest BCUT2D eigenvalue weighted by molar-refractivity contribution is 5.56. The second-order valence-electron chi connectivity index (χ2n) is 4.56. The van der Waals surface area contributed by atoms with Gasteiger partial charge in [-0.25, -0.2) is 0 Å². The Balaban J connectivity index is 3.02. The third-order valence-corrected chi connectivity index (χ3v) is 3.27. The van der Waals surface area contributed by atoms with Crippen LogP contribution in [-0.2, 0) is 12.8 Å². The lowest BCUT2D eigenvalue weighted by Gasteiger charge is -2.14. The molecule has 0 amide bonds. The Bertz CT molecular complexity index is 434. The Labute approximate surface area is 109 Å². The third kappa shape index (κ3) is 3.19. The largest absolute Gasteiger partial charge is 0.367 e. The van der Waals surface area contributed by atoms with Gasteiger partial charge in [0.2, 0.25) is 0 Å². The second-order valence-corrected chi connectivity index (χ2v) is 4.56. The molecule has 0 aliphatic heterocycles. The van der Waals surface area contributed by atoms with Crippen molar-refractivity contribution in [3.8, 4) is 6.07 Å². The number of anilines is 1. The summed E-state index contributed by atoms with van der Waals surface area (Å²) in [5.41, 5.74) is 2.62. The van der Waals surface area contributed by atoms with E-state index in [1.54, 1.807) is 0 Å². The minimum absolute atomic E-state index is 0.564. The zero-order valence-corrected chi connectivity index (χ0v) is 11.7. The summed E-state index contributed by atoms with van der Waals surface area (Å²) < 4.78 is 0. The van der Waals surface area contributed by atoms with E-state index in [-0.39, 0.29) is 0 Å². The topological polar surface area (TPSA) is 61.6 Å². The average molecular weight is 246 g/mol. The summed E-state index contributed by atoms with van der Waals surface area (Å²) in [6, 6.07) is 2.27. The average Bonchev–Trinajstić information content (AvgIpc) is 2.43. The Morgan fingerprint density at radius 2 is 1.94 bits per heavy atom. The van der Waals surface area contributed by atoms with Crippen LogP contribution in [0.25, 0.3) is 0 Å². The van der Waals surface area contributed by atoms with Gasteiger partial charge in [0.25, 0.3) is 0 Å². The van der Waals surface area contributed by atoms with Gasteiger partial charge in [-0.1, -0.05) is 34.1 Å². The molecule has 1 unspecified atom stereocenters. The summed E-state index contributed by atoms with van der Waals surface area (Å²) in [5, 5.41) is 20.9. The minimum Gasteiger partial charge on any atom is -0.367 e. The maximum Gasteiger partial charge on any atom is 0.166 e. The molecule has 0 aliphatic carbocycles. The molecule has 1 atom stereocenters. The number of rotatable bonds is 6. The highest BCUT2D eigenvalue weighted by Gasteiger charge is 2.14. The van der Waals surface area contributed by atoms with Crippen LogP contribution in [0.5, 0.6) is 0 Å². The molecule has 0 bridgehead atoms. The second kappa shape index (κ2) is 6.95. The number of nitriles is 1. The van der Waals surface area contributed by atoms with E-state index in [2.05, 4.69) is 42.4 Å². The Kier molecular flexibility index (Phi) is 5.57. The Morgan fingerprint density at radius 1 is 1.22 bits per heavy atom. The van der Waals surface area contributed by atoms with E-state index in [4.69, 9.17) is 0 Å². The maximum atomic E-state index is 9.31. The van der Waals surface area contributed by atoms with Crippen molar-refractivity contribution in [1.29, 1.82) is 5.26 Å². The maximum absolute atomic E-state index is 9.31. The molecule has 0 saturated carbocycles. The predicted octanol–water partition coefficient (Wildman–Crippen LogP) is 2.93. The first-order valence-corrected chi connectivity index (χ1v) is 6.70. The van der Waals surface area contributed by atoms with Gasteiger partial charge in [-0.2, -0.15) is 10.4 Å².